The molecule has 0 radical (unpaired) electrons. The van der Waals surface area contributed by atoms with Gasteiger partial charge in [-0.1, -0.05) is 12.1 Å². The number of benzene rings is 1. The number of fused-ring (bicyclic) bond motifs is 1. The van der Waals surface area contributed by atoms with Gasteiger partial charge < -0.3 is 14.6 Å². The number of aryl methyl sites for hydroxylation is 1. The van der Waals surface area contributed by atoms with Crippen LogP contribution in [0.4, 0.5) is 5.69 Å². The average Bonchev–Trinajstić information content (AvgIpc) is 2.40. The van der Waals surface area contributed by atoms with Crippen LogP contribution in [0.2, 0.25) is 0 Å². The predicted octanol–water partition coefficient (Wildman–Crippen LogP) is 1.51. The van der Waals surface area contributed by atoms with Gasteiger partial charge in [0.2, 0.25) is 0 Å². The Morgan fingerprint density at radius 2 is 2.06 bits per heavy atom. The number of hydrogen-bond acceptors (Lipinski definition) is 4. The van der Waals surface area contributed by atoms with Crippen molar-refractivity contribution in [3.05, 3.63) is 40.2 Å². The summed E-state index contributed by atoms with van der Waals surface area (Å²) in [5, 5.41) is 4.31. The molecule has 1 aromatic heterocycles. The third kappa shape index (κ3) is 1.88. The largest absolute Gasteiger partial charge is 0.420 e. The maximum absolute atomic E-state index is 11.7. The van der Waals surface area contributed by atoms with Crippen LogP contribution in [0.25, 0.3) is 11.0 Å². The fourth-order valence-electron chi connectivity index (χ4n) is 2.39. The highest BCUT2D eigenvalue weighted by Crippen LogP contribution is 2.26. The summed E-state index contributed by atoms with van der Waals surface area (Å²) in [7, 11) is 0. The van der Waals surface area contributed by atoms with Gasteiger partial charge in [-0.25, -0.2) is 4.79 Å². The lowest BCUT2D eigenvalue weighted by Gasteiger charge is -2.29. The van der Waals surface area contributed by atoms with E-state index in [0.29, 0.717) is 11.1 Å². The van der Waals surface area contributed by atoms with E-state index in [1.807, 2.05) is 24.3 Å². The molecule has 0 bridgehead atoms. The Labute approximate surface area is 105 Å². The zero-order chi connectivity index (χ0) is 12.5. The van der Waals surface area contributed by atoms with Crippen molar-refractivity contribution in [3.8, 4) is 0 Å². The summed E-state index contributed by atoms with van der Waals surface area (Å²) < 4.78 is 5.46. The SMILES string of the molecule is Cc1cc2cccc(N3CCNCC3)c2oc1=O. The number of nitrogens with one attached hydrogen (secondary N) is 1. The molecule has 0 amide bonds. The number of hydrogen-bond donors (Lipinski definition) is 1. The lowest BCUT2D eigenvalue weighted by Crippen LogP contribution is -2.43. The van der Waals surface area contributed by atoms with Crippen molar-refractivity contribution < 1.29 is 4.42 Å². The molecule has 1 N–H and O–H groups in total. The van der Waals surface area contributed by atoms with Crippen LogP contribution in [0, 0.1) is 6.92 Å². The minimum absolute atomic E-state index is 0.245. The Morgan fingerprint density at radius 3 is 2.83 bits per heavy atom. The van der Waals surface area contributed by atoms with Gasteiger partial charge in [0, 0.05) is 37.1 Å². The minimum atomic E-state index is -0.245. The normalized spacial score (nSPS) is 16.2. The molecule has 0 spiro atoms. The van der Waals surface area contributed by atoms with Crippen molar-refractivity contribution in [1.29, 1.82) is 0 Å². The smallest absolute Gasteiger partial charge is 0.339 e. The maximum atomic E-state index is 11.7. The summed E-state index contributed by atoms with van der Waals surface area (Å²) in [6.45, 7) is 5.59. The number of para-hydroxylation sites is 1. The van der Waals surface area contributed by atoms with Crippen molar-refractivity contribution in [2.75, 3.05) is 31.1 Å². The summed E-state index contributed by atoms with van der Waals surface area (Å²) in [5.74, 6) is 0. The number of piperazine rings is 1. The Hall–Kier alpha value is -1.81. The molecule has 1 aliphatic rings. The van der Waals surface area contributed by atoms with Crippen LogP contribution in [0.3, 0.4) is 0 Å². The van der Waals surface area contributed by atoms with Crippen molar-refractivity contribution >= 4 is 16.7 Å². The van der Waals surface area contributed by atoms with Crippen LogP contribution in [0.1, 0.15) is 5.56 Å². The molecule has 4 heteroatoms. The van der Waals surface area contributed by atoms with Gasteiger partial charge in [-0.05, 0) is 19.1 Å². The zero-order valence-corrected chi connectivity index (χ0v) is 10.4. The second kappa shape index (κ2) is 4.46. The number of anilines is 1. The summed E-state index contributed by atoms with van der Waals surface area (Å²) in [4.78, 5) is 13.9. The predicted molar refractivity (Wildman–Crippen MR) is 72.3 cm³/mol. The first-order valence-electron chi connectivity index (χ1n) is 6.25. The van der Waals surface area contributed by atoms with E-state index >= 15 is 0 Å². The second-order valence-corrected chi connectivity index (χ2v) is 4.65. The molecule has 0 aliphatic carbocycles. The highest BCUT2D eigenvalue weighted by molar-refractivity contribution is 5.89. The van der Waals surface area contributed by atoms with E-state index < -0.39 is 0 Å². The van der Waals surface area contributed by atoms with Crippen molar-refractivity contribution in [3.63, 3.8) is 0 Å². The van der Waals surface area contributed by atoms with Crippen LogP contribution >= 0.6 is 0 Å². The first-order valence-corrected chi connectivity index (χ1v) is 6.25. The average molecular weight is 244 g/mol. The molecule has 0 unspecified atom stereocenters. The Kier molecular flexibility index (Phi) is 2.80. The Bertz CT molecular complexity index is 627. The van der Waals surface area contributed by atoms with Gasteiger partial charge >= 0.3 is 5.63 Å². The number of nitrogens with zero attached hydrogens (tertiary/aromatic N) is 1. The minimum Gasteiger partial charge on any atom is -0.420 e. The van der Waals surface area contributed by atoms with E-state index in [4.69, 9.17) is 4.42 Å². The fraction of sp³-hybridized carbons (Fsp3) is 0.357. The highest BCUT2D eigenvalue weighted by Gasteiger charge is 2.15. The van der Waals surface area contributed by atoms with Crippen LogP contribution in [-0.2, 0) is 0 Å². The third-order valence-corrected chi connectivity index (χ3v) is 3.37. The summed E-state index contributed by atoms with van der Waals surface area (Å²) in [6.07, 6.45) is 0. The highest BCUT2D eigenvalue weighted by atomic mass is 16.4. The first-order chi connectivity index (χ1) is 8.75. The topological polar surface area (TPSA) is 45.5 Å². The summed E-state index contributed by atoms with van der Waals surface area (Å²) >= 11 is 0. The Morgan fingerprint density at radius 1 is 1.28 bits per heavy atom. The van der Waals surface area contributed by atoms with Gasteiger partial charge in [-0.3, -0.25) is 0 Å². The molecule has 0 saturated carbocycles. The molecule has 3 rings (SSSR count). The van der Waals surface area contributed by atoms with Gasteiger partial charge in [0.15, 0.2) is 5.58 Å². The second-order valence-electron chi connectivity index (χ2n) is 4.65. The van der Waals surface area contributed by atoms with Crippen molar-refractivity contribution in [2.45, 2.75) is 6.92 Å². The summed E-state index contributed by atoms with van der Waals surface area (Å²) in [5.41, 5.74) is 2.13. The molecule has 18 heavy (non-hydrogen) atoms. The van der Waals surface area contributed by atoms with Crippen LogP contribution in [0.15, 0.2) is 33.5 Å². The molecule has 2 aromatic rings. The molecule has 1 aliphatic heterocycles. The van der Waals surface area contributed by atoms with Crippen molar-refractivity contribution in [1.82, 2.24) is 5.32 Å². The molecular weight excluding hydrogens is 228 g/mol. The lowest BCUT2D eigenvalue weighted by atomic mass is 10.1. The van der Waals surface area contributed by atoms with E-state index in [1.165, 1.54) is 0 Å². The summed E-state index contributed by atoms with van der Waals surface area (Å²) in [6, 6.07) is 7.91. The lowest BCUT2D eigenvalue weighted by molar-refractivity contribution is 0.546. The fourth-order valence-corrected chi connectivity index (χ4v) is 2.39. The quantitative estimate of drug-likeness (QED) is 0.772. The molecule has 0 atom stereocenters. The molecule has 1 fully saturated rings. The van der Waals surface area contributed by atoms with Crippen LogP contribution in [0.5, 0.6) is 0 Å². The van der Waals surface area contributed by atoms with E-state index in [-0.39, 0.29) is 5.63 Å². The van der Waals surface area contributed by atoms with Crippen molar-refractivity contribution in [2.24, 2.45) is 0 Å². The molecule has 2 heterocycles. The van der Waals surface area contributed by atoms with Gasteiger partial charge in [0.05, 0.1) is 5.69 Å². The van der Waals surface area contributed by atoms with E-state index in [1.54, 1.807) is 6.92 Å². The van der Waals surface area contributed by atoms with Gasteiger partial charge in [-0.2, -0.15) is 0 Å². The van der Waals surface area contributed by atoms with E-state index in [0.717, 1.165) is 37.3 Å². The standard InChI is InChI=1S/C14H16N2O2/c1-10-9-11-3-2-4-12(13(11)18-14(10)17)16-7-5-15-6-8-16/h2-4,9,15H,5-8H2,1H3. The zero-order valence-electron chi connectivity index (χ0n) is 10.4. The van der Waals surface area contributed by atoms with Gasteiger partial charge in [-0.15, -0.1) is 0 Å². The number of rotatable bonds is 1. The van der Waals surface area contributed by atoms with Crippen LogP contribution in [-0.4, -0.2) is 26.2 Å². The maximum Gasteiger partial charge on any atom is 0.339 e. The molecule has 94 valence electrons. The van der Waals surface area contributed by atoms with Crippen LogP contribution < -0.4 is 15.8 Å². The van der Waals surface area contributed by atoms with E-state index in [2.05, 4.69) is 10.2 Å². The van der Waals surface area contributed by atoms with Gasteiger partial charge in [0.1, 0.15) is 0 Å². The van der Waals surface area contributed by atoms with E-state index in [9.17, 15) is 4.79 Å². The Balaban J connectivity index is 2.16. The molecular formula is C14H16N2O2. The first kappa shape index (κ1) is 11.3. The third-order valence-electron chi connectivity index (χ3n) is 3.37. The molecule has 1 aromatic carbocycles. The molecule has 4 nitrogen and oxygen atoms in total. The monoisotopic (exact) mass is 244 g/mol. The molecule has 1 saturated heterocycles. The van der Waals surface area contributed by atoms with Gasteiger partial charge in [0.25, 0.3) is 0 Å².